The Morgan fingerprint density at radius 2 is 1.88 bits per heavy atom. The topological polar surface area (TPSA) is 62.2 Å². The van der Waals surface area contributed by atoms with Gasteiger partial charge in [-0.05, 0) is 49.2 Å². The monoisotopic (exact) mass is 356 g/mol. The number of halogens is 2. The lowest BCUT2D eigenvalue weighted by Gasteiger charge is -2.20. The molecule has 4 nitrogen and oxygen atoms in total. The van der Waals surface area contributed by atoms with Gasteiger partial charge in [0.15, 0.2) is 0 Å². The molecule has 1 unspecified atom stereocenters. The first-order valence-corrected chi connectivity index (χ1v) is 8.15. The second-order valence-electron chi connectivity index (χ2n) is 6.17. The van der Waals surface area contributed by atoms with Crippen molar-refractivity contribution < 1.29 is 18.7 Å². The zero-order valence-corrected chi connectivity index (χ0v) is 14.3. The van der Waals surface area contributed by atoms with Crippen LogP contribution in [0.25, 0.3) is 10.9 Å². The van der Waals surface area contributed by atoms with Gasteiger partial charge < -0.3 is 10.4 Å². The average molecular weight is 356 g/mol. The highest BCUT2D eigenvalue weighted by Crippen LogP contribution is 2.30. The molecule has 0 aliphatic rings. The Balaban J connectivity index is 2.03. The van der Waals surface area contributed by atoms with E-state index in [9.17, 15) is 18.7 Å². The Labute approximate surface area is 149 Å². The van der Waals surface area contributed by atoms with Crippen LogP contribution in [0.4, 0.5) is 14.5 Å². The Kier molecular flexibility index (Phi) is 4.84. The van der Waals surface area contributed by atoms with Crippen molar-refractivity contribution in [3.05, 3.63) is 70.9 Å². The molecule has 0 radical (unpaired) electrons. The highest BCUT2D eigenvalue weighted by atomic mass is 19.3. The molecule has 0 saturated heterocycles. The number of carbonyl (C=O) groups is 1. The van der Waals surface area contributed by atoms with Crippen molar-refractivity contribution in [2.45, 2.75) is 26.3 Å². The third-order valence-corrected chi connectivity index (χ3v) is 4.22. The first kappa shape index (κ1) is 17.8. The zero-order chi connectivity index (χ0) is 18.8. The summed E-state index contributed by atoms with van der Waals surface area (Å²) < 4.78 is 25.9. The van der Waals surface area contributed by atoms with E-state index < -0.39 is 12.4 Å². The molecule has 0 fully saturated rings. The molecule has 0 amide bonds. The molecule has 0 aliphatic heterocycles. The molecule has 2 N–H and O–H groups in total. The number of hydrogen-bond donors (Lipinski definition) is 2. The van der Waals surface area contributed by atoms with Crippen LogP contribution in [0.5, 0.6) is 0 Å². The van der Waals surface area contributed by atoms with Crippen molar-refractivity contribution >= 4 is 22.6 Å². The number of fused-ring (bicyclic) bond motifs is 1. The van der Waals surface area contributed by atoms with E-state index in [2.05, 4.69) is 10.3 Å². The molecule has 0 saturated carbocycles. The molecule has 6 heteroatoms. The van der Waals surface area contributed by atoms with Crippen LogP contribution in [0.1, 0.15) is 46.6 Å². The second-order valence-corrected chi connectivity index (χ2v) is 6.17. The van der Waals surface area contributed by atoms with E-state index in [1.807, 2.05) is 19.9 Å². The molecule has 134 valence electrons. The van der Waals surface area contributed by atoms with Crippen molar-refractivity contribution in [1.82, 2.24) is 4.98 Å². The van der Waals surface area contributed by atoms with Gasteiger partial charge in [0, 0.05) is 17.1 Å². The summed E-state index contributed by atoms with van der Waals surface area (Å²) in [4.78, 5) is 15.4. The minimum atomic E-state index is -2.62. The number of benzene rings is 2. The lowest BCUT2D eigenvalue weighted by Crippen LogP contribution is -2.11. The number of alkyl halides is 2. The van der Waals surface area contributed by atoms with E-state index >= 15 is 0 Å². The summed E-state index contributed by atoms with van der Waals surface area (Å²) in [5, 5.41) is 13.3. The van der Waals surface area contributed by atoms with Crippen molar-refractivity contribution in [3.63, 3.8) is 0 Å². The average Bonchev–Trinajstić information content (AvgIpc) is 2.60. The predicted molar refractivity (Wildman–Crippen MR) is 96.9 cm³/mol. The molecule has 2 aromatic carbocycles. The largest absolute Gasteiger partial charge is 0.478 e. The number of nitrogens with zero attached hydrogens (tertiary/aromatic N) is 1. The van der Waals surface area contributed by atoms with Crippen molar-refractivity contribution in [3.8, 4) is 0 Å². The minimum Gasteiger partial charge on any atom is -0.478 e. The third-order valence-electron chi connectivity index (χ3n) is 4.22. The summed E-state index contributed by atoms with van der Waals surface area (Å²) in [5.41, 5.74) is 2.68. The minimum absolute atomic E-state index is 0.175. The van der Waals surface area contributed by atoms with E-state index in [0.29, 0.717) is 11.2 Å². The molecule has 1 atom stereocenters. The number of nitrogens with one attached hydrogen (secondary N) is 1. The molecule has 0 bridgehead atoms. The second kappa shape index (κ2) is 7.07. The lowest BCUT2D eigenvalue weighted by atomic mass is 9.98. The number of aryl methyl sites for hydroxylation is 1. The van der Waals surface area contributed by atoms with Gasteiger partial charge >= 0.3 is 5.97 Å². The molecule has 0 spiro atoms. The molecular formula is C20H18F2N2O2. The van der Waals surface area contributed by atoms with Crippen LogP contribution in [0.2, 0.25) is 0 Å². The van der Waals surface area contributed by atoms with Gasteiger partial charge in [-0.3, -0.25) is 0 Å². The smallest absolute Gasteiger partial charge is 0.337 e. The number of pyridine rings is 1. The quantitative estimate of drug-likeness (QED) is 0.647. The summed E-state index contributed by atoms with van der Waals surface area (Å²) in [6, 6.07) is 13.1. The fourth-order valence-electron chi connectivity index (χ4n) is 3.01. The van der Waals surface area contributed by atoms with Crippen molar-refractivity contribution in [2.75, 3.05) is 5.32 Å². The first-order valence-electron chi connectivity index (χ1n) is 8.15. The number of hydrogen-bond acceptors (Lipinski definition) is 3. The standard InChI is InChI=1S/C20H18F2N2O2/c1-11-9-15(13-7-8-17(19(21)22)24-18(13)10-11)12(2)23-16-6-4-3-5-14(16)20(25)26/h3-10,12,19,23H,1-2H3,(H,25,26). The number of carboxylic acids is 1. The number of rotatable bonds is 5. The van der Waals surface area contributed by atoms with Gasteiger partial charge in [-0.25, -0.2) is 18.6 Å². The van der Waals surface area contributed by atoms with Gasteiger partial charge in [-0.1, -0.05) is 24.3 Å². The van der Waals surface area contributed by atoms with Gasteiger partial charge in [0.2, 0.25) is 0 Å². The SMILES string of the molecule is Cc1cc(C(C)Nc2ccccc2C(=O)O)c2ccc(C(F)F)nc2c1. The maximum atomic E-state index is 12.9. The zero-order valence-electron chi connectivity index (χ0n) is 14.3. The summed E-state index contributed by atoms with van der Waals surface area (Å²) in [6.45, 7) is 3.77. The normalized spacial score (nSPS) is 12.3. The number of aromatic nitrogens is 1. The number of carboxylic acid groups (broad SMARTS) is 1. The molecule has 1 aromatic heterocycles. The Morgan fingerprint density at radius 1 is 1.15 bits per heavy atom. The van der Waals surface area contributed by atoms with Crippen LogP contribution >= 0.6 is 0 Å². The number of para-hydroxylation sites is 1. The van der Waals surface area contributed by atoms with E-state index in [4.69, 9.17) is 0 Å². The van der Waals surface area contributed by atoms with Gasteiger partial charge in [0.1, 0.15) is 5.69 Å². The van der Waals surface area contributed by atoms with E-state index in [1.54, 1.807) is 30.3 Å². The fraction of sp³-hybridized carbons (Fsp3) is 0.200. The molecule has 3 rings (SSSR count). The Bertz CT molecular complexity index is 973. The fourth-order valence-corrected chi connectivity index (χ4v) is 3.01. The molecule has 3 aromatic rings. The summed E-state index contributed by atoms with van der Waals surface area (Å²) >= 11 is 0. The Morgan fingerprint density at radius 3 is 2.58 bits per heavy atom. The highest BCUT2D eigenvalue weighted by molar-refractivity contribution is 5.94. The highest BCUT2D eigenvalue weighted by Gasteiger charge is 2.16. The van der Waals surface area contributed by atoms with Crippen molar-refractivity contribution in [1.29, 1.82) is 0 Å². The Hall–Kier alpha value is -3.02. The van der Waals surface area contributed by atoms with E-state index in [-0.39, 0.29) is 17.3 Å². The lowest BCUT2D eigenvalue weighted by molar-refractivity contribution is 0.0698. The van der Waals surface area contributed by atoms with Gasteiger partial charge in [0.25, 0.3) is 6.43 Å². The van der Waals surface area contributed by atoms with E-state index in [0.717, 1.165) is 16.5 Å². The molecule has 0 aliphatic carbocycles. The van der Waals surface area contributed by atoms with E-state index in [1.165, 1.54) is 12.1 Å². The van der Waals surface area contributed by atoms with Crippen LogP contribution in [0.3, 0.4) is 0 Å². The van der Waals surface area contributed by atoms with Gasteiger partial charge in [0.05, 0.1) is 11.1 Å². The van der Waals surface area contributed by atoms with Crippen LogP contribution in [0, 0.1) is 6.92 Å². The summed E-state index contributed by atoms with van der Waals surface area (Å²) in [5.74, 6) is -1.02. The number of anilines is 1. The molecular weight excluding hydrogens is 338 g/mol. The van der Waals surface area contributed by atoms with Gasteiger partial charge in [-0.2, -0.15) is 0 Å². The van der Waals surface area contributed by atoms with Crippen LogP contribution in [-0.2, 0) is 0 Å². The maximum Gasteiger partial charge on any atom is 0.337 e. The predicted octanol–water partition coefficient (Wildman–Crippen LogP) is 5.35. The molecule has 26 heavy (non-hydrogen) atoms. The summed E-state index contributed by atoms with van der Waals surface area (Å²) in [7, 11) is 0. The summed E-state index contributed by atoms with van der Waals surface area (Å²) in [6.07, 6.45) is -2.62. The number of aromatic carboxylic acids is 1. The molecule has 1 heterocycles. The maximum absolute atomic E-state index is 12.9. The van der Waals surface area contributed by atoms with Crippen molar-refractivity contribution in [2.24, 2.45) is 0 Å². The van der Waals surface area contributed by atoms with Crippen LogP contribution in [-0.4, -0.2) is 16.1 Å². The van der Waals surface area contributed by atoms with Crippen LogP contribution in [0.15, 0.2) is 48.5 Å². The third kappa shape index (κ3) is 3.49. The first-order chi connectivity index (χ1) is 12.4. The van der Waals surface area contributed by atoms with Gasteiger partial charge in [-0.15, -0.1) is 0 Å². The van der Waals surface area contributed by atoms with Crippen LogP contribution < -0.4 is 5.32 Å².